The Morgan fingerprint density at radius 1 is 1.35 bits per heavy atom. The van der Waals surface area contributed by atoms with Crippen LogP contribution in [0.2, 0.25) is 0 Å². The summed E-state index contributed by atoms with van der Waals surface area (Å²) in [5.41, 5.74) is 5.99. The molecule has 3 heteroatoms. The number of carbonyl (C=O) groups is 1. The molecule has 1 aliphatic carbocycles. The van der Waals surface area contributed by atoms with Crippen LogP contribution >= 0.6 is 0 Å². The predicted molar refractivity (Wildman–Crippen MR) is 71.6 cm³/mol. The molecule has 2 atom stereocenters. The van der Waals surface area contributed by atoms with E-state index in [0.717, 1.165) is 13.0 Å². The van der Waals surface area contributed by atoms with Gasteiger partial charge in [0.05, 0.1) is 6.04 Å². The number of nitrogens with zero attached hydrogens (tertiary/aromatic N) is 1. The number of hydrogen-bond donors (Lipinski definition) is 1. The van der Waals surface area contributed by atoms with Gasteiger partial charge in [-0.3, -0.25) is 4.79 Å². The Kier molecular flexibility index (Phi) is 5.96. The maximum atomic E-state index is 12.1. The quantitative estimate of drug-likeness (QED) is 0.802. The van der Waals surface area contributed by atoms with Crippen molar-refractivity contribution in [3.8, 4) is 0 Å². The van der Waals surface area contributed by atoms with E-state index in [0.29, 0.717) is 5.92 Å². The number of likely N-dealkylation sites (N-methyl/N-ethyl adjacent to an activating group) is 1. The molecule has 0 aromatic heterocycles. The summed E-state index contributed by atoms with van der Waals surface area (Å²) in [6.07, 6.45) is 7.52. The molecule has 2 N–H and O–H groups in total. The second-order valence-electron chi connectivity index (χ2n) is 5.63. The Labute approximate surface area is 106 Å². The standard InChI is InChI=1S/C14H28N2O/c1-4-11(2)13(15)14(17)16(3)10-12-8-6-5-7-9-12/h11-13H,4-10,15H2,1-3H3/t11?,13-/m0/s1. The van der Waals surface area contributed by atoms with Crippen LogP contribution in [0.4, 0.5) is 0 Å². The van der Waals surface area contributed by atoms with Crippen LogP contribution in [0, 0.1) is 11.8 Å². The number of carbonyl (C=O) groups excluding carboxylic acids is 1. The Morgan fingerprint density at radius 2 is 1.94 bits per heavy atom. The van der Waals surface area contributed by atoms with Crippen LogP contribution in [0.5, 0.6) is 0 Å². The minimum atomic E-state index is -0.325. The average Bonchev–Trinajstić information content (AvgIpc) is 2.37. The van der Waals surface area contributed by atoms with E-state index in [1.165, 1.54) is 32.1 Å². The van der Waals surface area contributed by atoms with Gasteiger partial charge in [0.15, 0.2) is 0 Å². The van der Waals surface area contributed by atoms with Crippen molar-refractivity contribution in [1.29, 1.82) is 0 Å². The molecule has 0 spiro atoms. The highest BCUT2D eigenvalue weighted by Gasteiger charge is 2.25. The van der Waals surface area contributed by atoms with Crippen LogP contribution in [0.1, 0.15) is 52.4 Å². The van der Waals surface area contributed by atoms with Crippen molar-refractivity contribution in [2.75, 3.05) is 13.6 Å². The second-order valence-corrected chi connectivity index (χ2v) is 5.63. The van der Waals surface area contributed by atoms with E-state index in [1.807, 2.05) is 11.9 Å². The molecule has 3 nitrogen and oxygen atoms in total. The van der Waals surface area contributed by atoms with Crippen molar-refractivity contribution < 1.29 is 4.79 Å². The van der Waals surface area contributed by atoms with Gasteiger partial charge in [-0.15, -0.1) is 0 Å². The summed E-state index contributed by atoms with van der Waals surface area (Å²) in [5.74, 6) is 1.09. The molecular weight excluding hydrogens is 212 g/mol. The van der Waals surface area contributed by atoms with E-state index in [1.54, 1.807) is 0 Å². The van der Waals surface area contributed by atoms with Crippen molar-refractivity contribution in [1.82, 2.24) is 4.90 Å². The summed E-state index contributed by atoms with van der Waals surface area (Å²) in [5, 5.41) is 0. The van der Waals surface area contributed by atoms with Crippen LogP contribution in [0.15, 0.2) is 0 Å². The van der Waals surface area contributed by atoms with Gasteiger partial charge in [-0.05, 0) is 24.7 Å². The molecule has 100 valence electrons. The Bertz CT molecular complexity index is 236. The number of rotatable bonds is 5. The van der Waals surface area contributed by atoms with Crippen LogP contribution in [-0.2, 0) is 4.79 Å². The van der Waals surface area contributed by atoms with E-state index < -0.39 is 0 Å². The van der Waals surface area contributed by atoms with Gasteiger partial charge in [-0.1, -0.05) is 39.5 Å². The first-order chi connectivity index (χ1) is 8.06. The van der Waals surface area contributed by atoms with Crippen molar-refractivity contribution in [3.05, 3.63) is 0 Å². The number of hydrogen-bond acceptors (Lipinski definition) is 2. The van der Waals surface area contributed by atoms with Gasteiger partial charge in [0.25, 0.3) is 0 Å². The smallest absolute Gasteiger partial charge is 0.239 e. The van der Waals surface area contributed by atoms with Crippen molar-refractivity contribution in [3.63, 3.8) is 0 Å². The maximum absolute atomic E-state index is 12.1. The molecule has 1 rings (SSSR count). The first-order valence-corrected chi connectivity index (χ1v) is 7.06. The van der Waals surface area contributed by atoms with Gasteiger partial charge >= 0.3 is 0 Å². The third kappa shape index (κ3) is 4.30. The predicted octanol–water partition coefficient (Wildman–Crippen LogP) is 2.40. The van der Waals surface area contributed by atoms with Crippen LogP contribution < -0.4 is 5.73 Å². The normalized spacial score (nSPS) is 20.9. The molecule has 1 fully saturated rings. The second kappa shape index (κ2) is 7.00. The fourth-order valence-electron chi connectivity index (χ4n) is 2.60. The summed E-state index contributed by atoms with van der Waals surface area (Å²) in [6.45, 7) is 5.03. The highest BCUT2D eigenvalue weighted by atomic mass is 16.2. The summed E-state index contributed by atoms with van der Waals surface area (Å²) in [7, 11) is 1.90. The summed E-state index contributed by atoms with van der Waals surface area (Å²) >= 11 is 0. The van der Waals surface area contributed by atoms with Gasteiger partial charge in [0.1, 0.15) is 0 Å². The first kappa shape index (κ1) is 14.5. The molecular formula is C14H28N2O. The van der Waals surface area contributed by atoms with Crippen molar-refractivity contribution in [2.45, 2.75) is 58.4 Å². The Balaban J connectivity index is 2.40. The van der Waals surface area contributed by atoms with E-state index >= 15 is 0 Å². The third-order valence-corrected chi connectivity index (χ3v) is 4.18. The monoisotopic (exact) mass is 240 g/mol. The van der Waals surface area contributed by atoms with Crippen LogP contribution in [0.25, 0.3) is 0 Å². The summed E-state index contributed by atoms with van der Waals surface area (Å²) in [6, 6.07) is -0.325. The largest absolute Gasteiger partial charge is 0.344 e. The lowest BCUT2D eigenvalue weighted by Gasteiger charge is -2.30. The molecule has 0 heterocycles. The van der Waals surface area contributed by atoms with Crippen LogP contribution in [0.3, 0.4) is 0 Å². The lowest BCUT2D eigenvalue weighted by Crippen LogP contribution is -2.46. The van der Waals surface area contributed by atoms with Crippen molar-refractivity contribution >= 4 is 5.91 Å². The summed E-state index contributed by atoms with van der Waals surface area (Å²) < 4.78 is 0. The molecule has 0 aromatic rings. The molecule has 0 saturated heterocycles. The van der Waals surface area contributed by atoms with Gasteiger partial charge in [-0.2, -0.15) is 0 Å². The number of nitrogens with two attached hydrogens (primary N) is 1. The fourth-order valence-corrected chi connectivity index (χ4v) is 2.60. The zero-order valence-corrected chi connectivity index (χ0v) is 11.6. The van der Waals surface area contributed by atoms with E-state index in [2.05, 4.69) is 13.8 Å². The molecule has 1 saturated carbocycles. The lowest BCUT2D eigenvalue weighted by atomic mass is 9.88. The third-order valence-electron chi connectivity index (χ3n) is 4.18. The first-order valence-electron chi connectivity index (χ1n) is 7.06. The molecule has 0 aromatic carbocycles. The topological polar surface area (TPSA) is 46.3 Å². The Hall–Kier alpha value is -0.570. The highest BCUT2D eigenvalue weighted by molar-refractivity contribution is 5.81. The molecule has 0 radical (unpaired) electrons. The lowest BCUT2D eigenvalue weighted by molar-refractivity contribution is -0.133. The molecule has 0 aliphatic heterocycles. The number of amides is 1. The average molecular weight is 240 g/mol. The van der Waals surface area contributed by atoms with Crippen LogP contribution in [-0.4, -0.2) is 30.4 Å². The highest BCUT2D eigenvalue weighted by Crippen LogP contribution is 2.24. The maximum Gasteiger partial charge on any atom is 0.239 e. The van der Waals surface area contributed by atoms with Gasteiger partial charge in [-0.25, -0.2) is 0 Å². The molecule has 0 bridgehead atoms. The van der Waals surface area contributed by atoms with Gasteiger partial charge < -0.3 is 10.6 Å². The molecule has 17 heavy (non-hydrogen) atoms. The SMILES string of the molecule is CCC(C)[C@H](N)C(=O)N(C)CC1CCCCC1. The molecule has 1 unspecified atom stereocenters. The van der Waals surface area contributed by atoms with Gasteiger partial charge in [0, 0.05) is 13.6 Å². The minimum absolute atomic E-state index is 0.116. The van der Waals surface area contributed by atoms with E-state index in [4.69, 9.17) is 5.73 Å². The molecule has 1 amide bonds. The zero-order chi connectivity index (χ0) is 12.8. The van der Waals surface area contributed by atoms with Crippen molar-refractivity contribution in [2.24, 2.45) is 17.6 Å². The molecule has 1 aliphatic rings. The summed E-state index contributed by atoms with van der Waals surface area (Å²) in [4.78, 5) is 14.0. The van der Waals surface area contributed by atoms with E-state index in [-0.39, 0.29) is 17.9 Å². The minimum Gasteiger partial charge on any atom is -0.344 e. The van der Waals surface area contributed by atoms with E-state index in [9.17, 15) is 4.79 Å². The Morgan fingerprint density at radius 3 is 2.47 bits per heavy atom. The zero-order valence-electron chi connectivity index (χ0n) is 11.6. The van der Waals surface area contributed by atoms with Gasteiger partial charge in [0.2, 0.25) is 5.91 Å². The fraction of sp³-hybridized carbons (Fsp3) is 0.929.